The van der Waals surface area contributed by atoms with Crippen LogP contribution in [0.15, 0.2) is 41.3 Å². The van der Waals surface area contributed by atoms with Gasteiger partial charge >= 0.3 is 6.18 Å². The van der Waals surface area contributed by atoms with E-state index in [4.69, 9.17) is 10.1 Å². The number of amidine groups is 1. The molecule has 1 aliphatic carbocycles. The van der Waals surface area contributed by atoms with Gasteiger partial charge in [-0.3, -0.25) is 10.2 Å². The number of anilines is 2. The van der Waals surface area contributed by atoms with Crippen LogP contribution in [0.25, 0.3) is 0 Å². The lowest BCUT2D eigenvalue weighted by molar-refractivity contribution is -0.160. The maximum absolute atomic E-state index is 13.3. The van der Waals surface area contributed by atoms with Crippen molar-refractivity contribution in [3.63, 3.8) is 0 Å². The Kier molecular flexibility index (Phi) is 5.31. The predicted molar refractivity (Wildman–Crippen MR) is 108 cm³/mol. The monoisotopic (exact) mass is 420 g/mol. The summed E-state index contributed by atoms with van der Waals surface area (Å²) in [5.74, 6) is -0.138. The van der Waals surface area contributed by atoms with Gasteiger partial charge in [-0.05, 0) is 49.4 Å². The van der Waals surface area contributed by atoms with Crippen molar-refractivity contribution in [1.29, 1.82) is 5.41 Å². The standard InChI is InChI=1S/C21H23F3N4O2/c22-21(23,24)20(8-9-20)13-3-5-14(6-4-13)28-18(25)17-16(7-10-26-19(17)29)27-15-2-1-11-30-12-15/h3-7,10,15H,1-2,8-9,11-12H2,(H2,25,28)(H2,26,27,29)/t15-/m1/s1. The lowest BCUT2D eigenvalue weighted by atomic mass is 9.95. The van der Waals surface area contributed by atoms with Crippen LogP contribution in [0.1, 0.15) is 36.8 Å². The summed E-state index contributed by atoms with van der Waals surface area (Å²) in [4.78, 5) is 15.0. The number of benzene rings is 1. The topological polar surface area (TPSA) is 90.0 Å². The normalized spacial score (nSPS) is 20.4. The van der Waals surface area contributed by atoms with E-state index in [9.17, 15) is 18.0 Å². The van der Waals surface area contributed by atoms with Gasteiger partial charge < -0.3 is 20.4 Å². The van der Waals surface area contributed by atoms with E-state index in [-0.39, 0.29) is 35.8 Å². The highest BCUT2D eigenvalue weighted by Crippen LogP contribution is 2.58. The Morgan fingerprint density at radius 3 is 2.53 bits per heavy atom. The number of hydrogen-bond acceptors (Lipinski definition) is 4. The fraction of sp³-hybridized carbons (Fsp3) is 0.429. The van der Waals surface area contributed by atoms with Gasteiger partial charge in [0.2, 0.25) is 0 Å². The van der Waals surface area contributed by atoms with Gasteiger partial charge in [-0.1, -0.05) is 12.1 Å². The Hall–Kier alpha value is -2.81. The Morgan fingerprint density at radius 2 is 1.93 bits per heavy atom. The maximum Gasteiger partial charge on any atom is 0.398 e. The van der Waals surface area contributed by atoms with Crippen molar-refractivity contribution in [1.82, 2.24) is 4.98 Å². The van der Waals surface area contributed by atoms with Crippen LogP contribution in [0.3, 0.4) is 0 Å². The largest absolute Gasteiger partial charge is 0.398 e. The molecule has 1 aliphatic heterocycles. The minimum Gasteiger partial charge on any atom is -0.379 e. The molecular formula is C21H23F3N4O2. The fourth-order valence-corrected chi connectivity index (χ4v) is 3.86. The van der Waals surface area contributed by atoms with Crippen LogP contribution in [0.5, 0.6) is 0 Å². The van der Waals surface area contributed by atoms with Crippen LogP contribution in [-0.2, 0) is 10.2 Å². The first kappa shape index (κ1) is 20.5. The molecule has 1 aromatic carbocycles. The molecule has 2 heterocycles. The number of halogens is 3. The zero-order chi connectivity index (χ0) is 21.4. The van der Waals surface area contributed by atoms with Crippen LogP contribution in [-0.4, -0.2) is 36.3 Å². The zero-order valence-corrected chi connectivity index (χ0v) is 16.2. The quantitative estimate of drug-likeness (QED) is 0.435. The van der Waals surface area contributed by atoms with E-state index in [0.717, 1.165) is 12.8 Å². The molecule has 9 heteroatoms. The molecule has 2 aliphatic rings. The van der Waals surface area contributed by atoms with E-state index >= 15 is 0 Å². The molecule has 1 saturated heterocycles. The highest BCUT2D eigenvalue weighted by Gasteiger charge is 2.64. The van der Waals surface area contributed by atoms with Gasteiger partial charge in [-0.15, -0.1) is 0 Å². The molecule has 1 aromatic heterocycles. The van der Waals surface area contributed by atoms with Crippen LogP contribution in [0, 0.1) is 5.41 Å². The number of ether oxygens (including phenoxy) is 1. The number of alkyl halides is 3. The van der Waals surface area contributed by atoms with Gasteiger partial charge in [0.25, 0.3) is 5.56 Å². The summed E-state index contributed by atoms with van der Waals surface area (Å²) >= 11 is 0. The first-order chi connectivity index (χ1) is 14.3. The number of rotatable bonds is 5. The van der Waals surface area contributed by atoms with Crippen molar-refractivity contribution < 1.29 is 17.9 Å². The Balaban J connectivity index is 1.51. The number of aromatic amines is 1. The first-order valence-corrected chi connectivity index (χ1v) is 9.89. The molecule has 2 aromatic rings. The highest BCUT2D eigenvalue weighted by atomic mass is 19.4. The van der Waals surface area contributed by atoms with E-state index in [1.807, 2.05) is 0 Å². The SMILES string of the molecule is N=C(Nc1ccc(C2(C(F)(F)F)CC2)cc1)c1c(N[C@@H]2CCCOC2)cc[nH]c1=O. The van der Waals surface area contributed by atoms with Gasteiger partial charge in [-0.25, -0.2) is 0 Å². The third-order valence-electron chi connectivity index (χ3n) is 5.73. The number of pyridine rings is 1. The van der Waals surface area contributed by atoms with Crippen LogP contribution in [0.2, 0.25) is 0 Å². The van der Waals surface area contributed by atoms with Crippen molar-refractivity contribution in [2.24, 2.45) is 0 Å². The van der Waals surface area contributed by atoms with E-state index < -0.39 is 17.2 Å². The summed E-state index contributed by atoms with van der Waals surface area (Å²) in [5, 5.41) is 14.5. The summed E-state index contributed by atoms with van der Waals surface area (Å²) in [5.41, 5.74) is -0.853. The lowest BCUT2D eigenvalue weighted by Gasteiger charge is -2.25. The Labute approximate surface area is 171 Å². The molecular weight excluding hydrogens is 397 g/mol. The van der Waals surface area contributed by atoms with Gasteiger partial charge in [0, 0.05) is 24.5 Å². The average molecular weight is 420 g/mol. The van der Waals surface area contributed by atoms with Gasteiger partial charge in [0.15, 0.2) is 0 Å². The number of aromatic nitrogens is 1. The van der Waals surface area contributed by atoms with E-state index in [1.165, 1.54) is 30.5 Å². The molecule has 4 N–H and O–H groups in total. The number of nitrogens with one attached hydrogen (secondary N) is 4. The van der Waals surface area contributed by atoms with E-state index in [2.05, 4.69) is 15.6 Å². The summed E-state index contributed by atoms with van der Waals surface area (Å²) in [6.45, 7) is 1.23. The summed E-state index contributed by atoms with van der Waals surface area (Å²) in [6, 6.07) is 7.62. The molecule has 1 atom stereocenters. The van der Waals surface area contributed by atoms with E-state index in [0.29, 0.717) is 24.6 Å². The van der Waals surface area contributed by atoms with Crippen molar-refractivity contribution in [3.8, 4) is 0 Å². The zero-order valence-electron chi connectivity index (χ0n) is 16.2. The molecule has 1 saturated carbocycles. The molecule has 2 fully saturated rings. The number of hydrogen-bond donors (Lipinski definition) is 4. The first-order valence-electron chi connectivity index (χ1n) is 9.89. The Morgan fingerprint density at radius 1 is 1.20 bits per heavy atom. The minimum absolute atomic E-state index is 0.0449. The maximum atomic E-state index is 13.3. The average Bonchev–Trinajstić information content (AvgIpc) is 3.51. The third-order valence-corrected chi connectivity index (χ3v) is 5.73. The summed E-state index contributed by atoms with van der Waals surface area (Å²) < 4.78 is 45.3. The van der Waals surface area contributed by atoms with Crippen molar-refractivity contribution in [3.05, 3.63) is 58.0 Å². The molecule has 0 spiro atoms. The lowest BCUT2D eigenvalue weighted by Crippen LogP contribution is -2.33. The molecule has 30 heavy (non-hydrogen) atoms. The molecule has 0 unspecified atom stereocenters. The van der Waals surface area contributed by atoms with Crippen molar-refractivity contribution in [2.45, 2.75) is 43.3 Å². The molecule has 4 rings (SSSR count). The second-order valence-electron chi connectivity index (χ2n) is 7.81. The minimum atomic E-state index is -4.27. The van der Waals surface area contributed by atoms with Crippen LogP contribution in [0.4, 0.5) is 24.5 Å². The molecule has 0 bridgehead atoms. The number of H-pyrrole nitrogens is 1. The molecule has 0 amide bonds. The van der Waals surface area contributed by atoms with Crippen molar-refractivity contribution in [2.75, 3.05) is 23.8 Å². The van der Waals surface area contributed by atoms with Crippen molar-refractivity contribution >= 4 is 17.2 Å². The summed E-state index contributed by atoms with van der Waals surface area (Å²) in [6.07, 6.45) is -0.759. The van der Waals surface area contributed by atoms with E-state index in [1.54, 1.807) is 6.07 Å². The smallest absolute Gasteiger partial charge is 0.379 e. The second kappa shape index (κ2) is 7.79. The summed E-state index contributed by atoms with van der Waals surface area (Å²) in [7, 11) is 0. The van der Waals surface area contributed by atoms with Gasteiger partial charge in [-0.2, -0.15) is 13.2 Å². The molecule has 0 radical (unpaired) electrons. The van der Waals surface area contributed by atoms with Crippen LogP contribution < -0.4 is 16.2 Å². The highest BCUT2D eigenvalue weighted by molar-refractivity contribution is 6.09. The van der Waals surface area contributed by atoms with Gasteiger partial charge in [0.05, 0.1) is 17.7 Å². The predicted octanol–water partition coefficient (Wildman–Crippen LogP) is 4.00. The second-order valence-corrected chi connectivity index (χ2v) is 7.81. The van der Waals surface area contributed by atoms with Crippen LogP contribution >= 0.6 is 0 Å². The Bertz CT molecular complexity index is 975. The third kappa shape index (κ3) is 3.94. The molecule has 160 valence electrons. The fourth-order valence-electron chi connectivity index (χ4n) is 3.86. The van der Waals surface area contributed by atoms with Gasteiger partial charge in [0.1, 0.15) is 11.4 Å². The molecule has 6 nitrogen and oxygen atoms in total.